The zero-order valence-electron chi connectivity index (χ0n) is 17.1. The van der Waals surface area contributed by atoms with Gasteiger partial charge in [-0.25, -0.2) is 0 Å². The third-order valence-corrected chi connectivity index (χ3v) is 4.63. The van der Waals surface area contributed by atoms with Gasteiger partial charge in [-0.05, 0) is 57.3 Å². The molecule has 1 unspecified atom stereocenters. The van der Waals surface area contributed by atoms with Gasteiger partial charge in [0.25, 0.3) is 0 Å². The maximum Gasteiger partial charge on any atom is 0.195 e. The van der Waals surface area contributed by atoms with Gasteiger partial charge in [0, 0.05) is 31.9 Å². The van der Waals surface area contributed by atoms with Crippen molar-refractivity contribution in [3.05, 3.63) is 18.2 Å². The predicted octanol–water partition coefficient (Wildman–Crippen LogP) is 3.82. The van der Waals surface area contributed by atoms with Gasteiger partial charge in [-0.3, -0.25) is 4.99 Å². The lowest BCUT2D eigenvalue weighted by atomic mass is 10.0. The average molecular weight is 490 g/mol. The van der Waals surface area contributed by atoms with Gasteiger partial charge in [0.1, 0.15) is 0 Å². The van der Waals surface area contributed by atoms with Gasteiger partial charge in [0.15, 0.2) is 17.5 Å². The number of rotatable bonds is 8. The molecule has 0 spiro atoms. The van der Waals surface area contributed by atoms with Crippen LogP contribution in [0.4, 0.5) is 5.69 Å². The number of ether oxygens (including phenoxy) is 2. The van der Waals surface area contributed by atoms with E-state index in [0.717, 1.165) is 48.6 Å². The first-order chi connectivity index (χ1) is 12.7. The van der Waals surface area contributed by atoms with Gasteiger partial charge < -0.3 is 25.0 Å². The summed E-state index contributed by atoms with van der Waals surface area (Å²) in [7, 11) is 3.43. The minimum atomic E-state index is 0. The molecular formula is C20H35IN4O2. The molecule has 0 aromatic heterocycles. The molecule has 0 bridgehead atoms. The Bertz CT molecular complexity index is 583. The molecule has 1 aromatic rings. The Labute approximate surface area is 181 Å². The lowest BCUT2D eigenvalue weighted by Gasteiger charge is -2.30. The summed E-state index contributed by atoms with van der Waals surface area (Å²) in [5.74, 6) is 3.07. The molecule has 1 atom stereocenters. The zero-order valence-corrected chi connectivity index (χ0v) is 19.4. The summed E-state index contributed by atoms with van der Waals surface area (Å²) in [6.45, 7) is 9.43. The summed E-state index contributed by atoms with van der Waals surface area (Å²) >= 11 is 0. The van der Waals surface area contributed by atoms with Gasteiger partial charge in [-0.2, -0.15) is 0 Å². The van der Waals surface area contributed by atoms with Crippen molar-refractivity contribution in [1.29, 1.82) is 0 Å². The van der Waals surface area contributed by atoms with Crippen molar-refractivity contribution in [3.8, 4) is 11.5 Å². The molecule has 2 rings (SSSR count). The highest BCUT2D eigenvalue weighted by Gasteiger charge is 2.15. The van der Waals surface area contributed by atoms with Gasteiger partial charge >= 0.3 is 0 Å². The van der Waals surface area contributed by atoms with Crippen LogP contribution in [0.25, 0.3) is 0 Å². The number of nitrogens with one attached hydrogen (secondary N) is 2. The molecule has 6 nitrogen and oxygen atoms in total. The Morgan fingerprint density at radius 1 is 1.33 bits per heavy atom. The fourth-order valence-corrected chi connectivity index (χ4v) is 3.34. The van der Waals surface area contributed by atoms with Crippen LogP contribution in [0, 0.1) is 5.92 Å². The number of piperidine rings is 1. The molecule has 154 valence electrons. The predicted molar refractivity (Wildman–Crippen MR) is 124 cm³/mol. The lowest BCUT2D eigenvalue weighted by Crippen LogP contribution is -2.37. The second kappa shape index (κ2) is 13.0. The normalized spacial score (nSPS) is 17.8. The van der Waals surface area contributed by atoms with E-state index in [1.165, 1.54) is 25.9 Å². The number of hydrogen-bond acceptors (Lipinski definition) is 4. The van der Waals surface area contributed by atoms with Crippen molar-refractivity contribution in [3.63, 3.8) is 0 Å². The Morgan fingerprint density at radius 2 is 2.15 bits per heavy atom. The van der Waals surface area contributed by atoms with E-state index in [9.17, 15) is 0 Å². The van der Waals surface area contributed by atoms with E-state index < -0.39 is 0 Å². The van der Waals surface area contributed by atoms with Crippen LogP contribution in [0.15, 0.2) is 23.2 Å². The summed E-state index contributed by atoms with van der Waals surface area (Å²) in [5.41, 5.74) is 0.923. The van der Waals surface area contributed by atoms with E-state index in [0.29, 0.717) is 6.61 Å². The van der Waals surface area contributed by atoms with E-state index in [2.05, 4.69) is 27.4 Å². The molecule has 1 aliphatic heterocycles. The van der Waals surface area contributed by atoms with Crippen LogP contribution in [0.3, 0.4) is 0 Å². The van der Waals surface area contributed by atoms with E-state index in [4.69, 9.17) is 9.47 Å². The van der Waals surface area contributed by atoms with Crippen molar-refractivity contribution < 1.29 is 9.47 Å². The van der Waals surface area contributed by atoms with Gasteiger partial charge in [-0.15, -0.1) is 24.0 Å². The molecule has 0 amide bonds. The van der Waals surface area contributed by atoms with E-state index in [-0.39, 0.29) is 24.0 Å². The molecule has 7 heteroatoms. The highest BCUT2D eigenvalue weighted by molar-refractivity contribution is 14.0. The number of likely N-dealkylation sites (tertiary alicyclic amines) is 1. The molecule has 1 aliphatic rings. The highest BCUT2D eigenvalue weighted by atomic mass is 127. The molecule has 2 N–H and O–H groups in total. The summed E-state index contributed by atoms with van der Waals surface area (Å²) in [6, 6.07) is 5.80. The first-order valence-corrected chi connectivity index (χ1v) is 9.67. The molecule has 1 fully saturated rings. The van der Waals surface area contributed by atoms with Gasteiger partial charge in [0.05, 0.1) is 13.7 Å². The number of methoxy groups -OCH3 is 1. The van der Waals surface area contributed by atoms with Crippen LogP contribution in [-0.4, -0.2) is 57.8 Å². The summed E-state index contributed by atoms with van der Waals surface area (Å²) in [5, 5.41) is 6.70. The number of aliphatic imine (C=N–C) groups is 1. The third kappa shape index (κ3) is 8.13. The standard InChI is InChI=1S/C20H34N4O2.HI/c1-5-26-19-14-17(9-10-18(19)25-4)23-20(21-3)22-11-7-13-24-12-6-8-16(2)15-24;/h9-10,14,16H,5-8,11-13,15H2,1-4H3,(H2,21,22,23);1H. The zero-order chi connectivity index (χ0) is 18.8. The van der Waals surface area contributed by atoms with Crippen molar-refractivity contribution in [2.45, 2.75) is 33.1 Å². The Balaban J connectivity index is 0.00000364. The van der Waals surface area contributed by atoms with Crippen LogP contribution >= 0.6 is 24.0 Å². The molecule has 0 saturated carbocycles. The third-order valence-electron chi connectivity index (χ3n) is 4.63. The molecule has 1 saturated heterocycles. The van der Waals surface area contributed by atoms with Crippen LogP contribution in [0.5, 0.6) is 11.5 Å². The lowest BCUT2D eigenvalue weighted by molar-refractivity contribution is 0.182. The molecule has 0 aliphatic carbocycles. The Hall–Kier alpha value is -1.22. The first kappa shape index (κ1) is 23.8. The highest BCUT2D eigenvalue weighted by Crippen LogP contribution is 2.30. The number of benzene rings is 1. The SMILES string of the molecule is CCOc1cc(NC(=NC)NCCCN2CCCC(C)C2)ccc1OC.I. The summed E-state index contributed by atoms with van der Waals surface area (Å²) < 4.78 is 11.0. The fourth-order valence-electron chi connectivity index (χ4n) is 3.34. The maximum absolute atomic E-state index is 5.63. The second-order valence-electron chi connectivity index (χ2n) is 6.82. The fraction of sp³-hybridized carbons (Fsp3) is 0.650. The topological polar surface area (TPSA) is 58.1 Å². The number of guanidine groups is 1. The molecule has 0 radical (unpaired) electrons. The largest absolute Gasteiger partial charge is 0.493 e. The summed E-state index contributed by atoms with van der Waals surface area (Å²) in [4.78, 5) is 6.88. The monoisotopic (exact) mass is 490 g/mol. The van der Waals surface area contributed by atoms with Crippen LogP contribution < -0.4 is 20.1 Å². The van der Waals surface area contributed by atoms with Crippen molar-refractivity contribution in [2.75, 3.05) is 52.3 Å². The van der Waals surface area contributed by atoms with Crippen LogP contribution in [0.1, 0.15) is 33.1 Å². The summed E-state index contributed by atoms with van der Waals surface area (Å²) in [6.07, 6.45) is 3.81. The Kier molecular flexibility index (Phi) is 11.5. The van der Waals surface area contributed by atoms with Gasteiger partial charge in [0.2, 0.25) is 0 Å². The van der Waals surface area contributed by atoms with E-state index in [1.807, 2.05) is 25.1 Å². The smallest absolute Gasteiger partial charge is 0.195 e. The molecular weight excluding hydrogens is 455 g/mol. The second-order valence-corrected chi connectivity index (χ2v) is 6.82. The number of halogens is 1. The van der Waals surface area contributed by atoms with Crippen molar-refractivity contribution in [1.82, 2.24) is 10.2 Å². The first-order valence-electron chi connectivity index (χ1n) is 9.67. The van der Waals surface area contributed by atoms with Crippen LogP contribution in [-0.2, 0) is 0 Å². The van der Waals surface area contributed by atoms with E-state index >= 15 is 0 Å². The molecule has 1 heterocycles. The molecule has 1 aromatic carbocycles. The number of nitrogens with zero attached hydrogens (tertiary/aromatic N) is 2. The molecule has 27 heavy (non-hydrogen) atoms. The Morgan fingerprint density at radius 3 is 2.81 bits per heavy atom. The van der Waals surface area contributed by atoms with E-state index in [1.54, 1.807) is 14.2 Å². The number of anilines is 1. The van der Waals surface area contributed by atoms with Gasteiger partial charge in [-0.1, -0.05) is 6.92 Å². The quantitative estimate of drug-likeness (QED) is 0.251. The number of hydrogen-bond donors (Lipinski definition) is 2. The maximum atomic E-state index is 5.63. The average Bonchev–Trinajstić information content (AvgIpc) is 2.65. The minimum absolute atomic E-state index is 0. The minimum Gasteiger partial charge on any atom is -0.493 e. The van der Waals surface area contributed by atoms with Crippen molar-refractivity contribution >= 4 is 35.6 Å². The van der Waals surface area contributed by atoms with Crippen molar-refractivity contribution in [2.24, 2.45) is 10.9 Å². The van der Waals surface area contributed by atoms with Crippen LogP contribution in [0.2, 0.25) is 0 Å².